The molecule has 0 N–H and O–H groups in total. The summed E-state index contributed by atoms with van der Waals surface area (Å²) >= 11 is 1.96. The lowest BCUT2D eigenvalue weighted by Gasteiger charge is -2.31. The van der Waals surface area contributed by atoms with Gasteiger partial charge in [-0.15, -0.1) is 0 Å². The van der Waals surface area contributed by atoms with E-state index in [-0.39, 0.29) is 11.9 Å². The number of rotatable bonds is 7. The first-order valence-electron chi connectivity index (χ1n) is 11.3. The molecular weight excluding hydrogens is 418 g/mol. The number of benzene rings is 2. The van der Waals surface area contributed by atoms with Crippen LogP contribution in [0, 0.1) is 6.92 Å². The Balaban J connectivity index is 1.76. The Morgan fingerprint density at radius 1 is 1.12 bits per heavy atom. The van der Waals surface area contributed by atoms with Gasteiger partial charge < -0.3 is 14.3 Å². The molecule has 3 aromatic rings. The van der Waals surface area contributed by atoms with Gasteiger partial charge >= 0.3 is 0 Å². The fourth-order valence-electron chi connectivity index (χ4n) is 4.07. The summed E-state index contributed by atoms with van der Waals surface area (Å²) in [5.74, 6) is 2.99. The average molecular weight is 450 g/mol. The van der Waals surface area contributed by atoms with Gasteiger partial charge in [0.05, 0.1) is 12.1 Å². The summed E-state index contributed by atoms with van der Waals surface area (Å²) in [4.78, 5) is 17.9. The third-order valence-corrected chi connectivity index (χ3v) is 7.14. The molecule has 1 aromatic heterocycles. The van der Waals surface area contributed by atoms with Crippen molar-refractivity contribution in [2.45, 2.75) is 39.8 Å². The predicted molar refractivity (Wildman–Crippen MR) is 132 cm³/mol. The van der Waals surface area contributed by atoms with Gasteiger partial charge in [-0.2, -0.15) is 11.8 Å². The van der Waals surface area contributed by atoms with E-state index in [0.29, 0.717) is 6.54 Å². The number of anilines is 1. The van der Waals surface area contributed by atoms with Gasteiger partial charge in [0.2, 0.25) is 5.88 Å². The number of amides is 1. The minimum absolute atomic E-state index is 0.0535. The van der Waals surface area contributed by atoms with Crippen molar-refractivity contribution in [3.05, 3.63) is 71.3 Å². The number of hydrogen-bond acceptors (Lipinski definition) is 5. The molecule has 0 spiro atoms. The number of carbonyl (C=O) groups is 1. The summed E-state index contributed by atoms with van der Waals surface area (Å²) in [6, 6.07) is 18.0. The van der Waals surface area contributed by atoms with Crippen LogP contribution in [-0.2, 0) is 6.54 Å². The summed E-state index contributed by atoms with van der Waals surface area (Å²) in [6.45, 7) is 8.55. The number of nitrogens with zero attached hydrogens (tertiary/aromatic N) is 3. The smallest absolute Gasteiger partial charge is 0.254 e. The van der Waals surface area contributed by atoms with Gasteiger partial charge in [-0.3, -0.25) is 4.79 Å². The molecule has 168 valence electrons. The Labute approximate surface area is 194 Å². The Hall–Kier alpha value is -2.73. The topological polar surface area (TPSA) is 49.6 Å². The van der Waals surface area contributed by atoms with Crippen molar-refractivity contribution in [3.8, 4) is 11.3 Å². The monoisotopic (exact) mass is 449 g/mol. The molecule has 6 heteroatoms. The molecule has 4 rings (SSSR count). The van der Waals surface area contributed by atoms with Crippen molar-refractivity contribution >= 4 is 23.6 Å². The molecule has 5 nitrogen and oxygen atoms in total. The van der Waals surface area contributed by atoms with Crippen molar-refractivity contribution in [2.24, 2.45) is 0 Å². The predicted octanol–water partition coefficient (Wildman–Crippen LogP) is 5.64. The van der Waals surface area contributed by atoms with Crippen LogP contribution in [0.1, 0.15) is 41.8 Å². The number of aromatic nitrogens is 1. The summed E-state index contributed by atoms with van der Waals surface area (Å²) in [5, 5.41) is 4.49. The third kappa shape index (κ3) is 4.70. The number of carbonyl (C=O) groups excluding carboxylic acids is 1. The van der Waals surface area contributed by atoms with Gasteiger partial charge in [0.15, 0.2) is 0 Å². The molecule has 1 aliphatic heterocycles. The van der Waals surface area contributed by atoms with Gasteiger partial charge in [0, 0.05) is 41.8 Å². The van der Waals surface area contributed by atoms with Crippen LogP contribution in [-0.4, -0.2) is 46.6 Å². The molecule has 2 aromatic carbocycles. The van der Waals surface area contributed by atoms with Crippen LogP contribution in [0.25, 0.3) is 11.3 Å². The summed E-state index contributed by atoms with van der Waals surface area (Å²) in [6.07, 6.45) is 0.874. The highest BCUT2D eigenvalue weighted by atomic mass is 32.2. The van der Waals surface area contributed by atoms with E-state index in [1.807, 2.05) is 78.2 Å². The molecular formula is C26H31N3O2S. The first-order valence-corrected chi connectivity index (χ1v) is 12.5. The average Bonchev–Trinajstić information content (AvgIpc) is 3.26. The van der Waals surface area contributed by atoms with E-state index in [1.165, 1.54) is 0 Å². The highest BCUT2D eigenvalue weighted by Crippen LogP contribution is 2.34. The maximum atomic E-state index is 13.7. The fourth-order valence-corrected chi connectivity index (χ4v) is 4.97. The van der Waals surface area contributed by atoms with E-state index in [0.717, 1.165) is 64.8 Å². The lowest BCUT2D eigenvalue weighted by molar-refractivity contribution is 0.0671. The van der Waals surface area contributed by atoms with E-state index >= 15 is 0 Å². The Bertz CT molecular complexity index is 1040. The molecule has 32 heavy (non-hydrogen) atoms. The van der Waals surface area contributed by atoms with E-state index < -0.39 is 0 Å². The van der Waals surface area contributed by atoms with Gasteiger partial charge in [-0.1, -0.05) is 60.6 Å². The Kier molecular flexibility index (Phi) is 7.20. The summed E-state index contributed by atoms with van der Waals surface area (Å²) in [7, 11) is 0. The lowest BCUT2D eigenvalue weighted by Crippen LogP contribution is -2.39. The van der Waals surface area contributed by atoms with Crippen LogP contribution in [0.15, 0.2) is 59.1 Å². The Morgan fingerprint density at radius 2 is 1.81 bits per heavy atom. The molecule has 1 amide bonds. The Morgan fingerprint density at radius 3 is 2.50 bits per heavy atom. The third-order valence-electron chi connectivity index (χ3n) is 6.20. The SMILES string of the molecule is CCC(C)N(Cc1c(-c2ccccc2)noc1N1CCSCC1)C(=O)c1ccccc1C. The second kappa shape index (κ2) is 10.3. The minimum Gasteiger partial charge on any atom is -0.339 e. The standard InChI is InChI=1S/C26H31N3O2S/c1-4-20(3)29(25(30)22-13-9-8-10-19(22)2)18-23-24(21-11-6-5-7-12-21)27-31-26(23)28-14-16-32-17-15-28/h5-13,20H,4,14-18H2,1-3H3. The lowest BCUT2D eigenvalue weighted by atomic mass is 10.0. The van der Waals surface area contributed by atoms with Crippen LogP contribution >= 0.6 is 11.8 Å². The van der Waals surface area contributed by atoms with Crippen LogP contribution in [0.5, 0.6) is 0 Å². The molecule has 0 saturated carbocycles. The minimum atomic E-state index is 0.0535. The number of thioether (sulfide) groups is 1. The molecule has 2 heterocycles. The zero-order valence-electron chi connectivity index (χ0n) is 19.1. The molecule has 0 bridgehead atoms. The van der Waals surface area contributed by atoms with Crippen molar-refractivity contribution in [2.75, 3.05) is 29.5 Å². The second-order valence-corrected chi connectivity index (χ2v) is 9.51. The number of aryl methyl sites for hydroxylation is 1. The van der Waals surface area contributed by atoms with E-state index in [4.69, 9.17) is 4.52 Å². The molecule has 0 radical (unpaired) electrons. The van der Waals surface area contributed by atoms with Crippen LogP contribution < -0.4 is 4.90 Å². The highest BCUT2D eigenvalue weighted by molar-refractivity contribution is 7.99. The first-order chi connectivity index (χ1) is 15.6. The van der Waals surface area contributed by atoms with Crippen molar-refractivity contribution in [1.82, 2.24) is 10.1 Å². The normalized spacial score (nSPS) is 14.9. The molecule has 1 unspecified atom stereocenters. The maximum absolute atomic E-state index is 13.7. The van der Waals surface area contributed by atoms with Crippen LogP contribution in [0.4, 0.5) is 5.88 Å². The first kappa shape index (κ1) is 22.5. The quantitative estimate of drug-likeness (QED) is 0.467. The van der Waals surface area contributed by atoms with Crippen molar-refractivity contribution in [1.29, 1.82) is 0 Å². The zero-order valence-corrected chi connectivity index (χ0v) is 19.9. The summed E-state index contributed by atoms with van der Waals surface area (Å²) in [5.41, 5.74) is 4.57. The van der Waals surface area contributed by atoms with Gasteiger partial charge in [-0.05, 0) is 31.9 Å². The highest BCUT2D eigenvalue weighted by Gasteiger charge is 2.29. The molecule has 1 atom stereocenters. The number of hydrogen-bond donors (Lipinski definition) is 0. The van der Waals surface area contributed by atoms with Crippen LogP contribution in [0.3, 0.4) is 0 Å². The largest absolute Gasteiger partial charge is 0.339 e. The van der Waals surface area contributed by atoms with Crippen LogP contribution in [0.2, 0.25) is 0 Å². The second-order valence-electron chi connectivity index (χ2n) is 8.29. The van der Waals surface area contributed by atoms with E-state index in [1.54, 1.807) is 0 Å². The zero-order chi connectivity index (χ0) is 22.5. The van der Waals surface area contributed by atoms with Crippen molar-refractivity contribution < 1.29 is 9.32 Å². The summed E-state index contributed by atoms with van der Waals surface area (Å²) < 4.78 is 5.94. The molecule has 1 saturated heterocycles. The van der Waals surface area contributed by atoms with Gasteiger partial charge in [-0.25, -0.2) is 0 Å². The van der Waals surface area contributed by atoms with Crippen molar-refractivity contribution in [3.63, 3.8) is 0 Å². The fraction of sp³-hybridized carbons (Fsp3) is 0.385. The van der Waals surface area contributed by atoms with Gasteiger partial charge in [0.25, 0.3) is 5.91 Å². The maximum Gasteiger partial charge on any atom is 0.254 e. The molecule has 1 fully saturated rings. The van der Waals surface area contributed by atoms with E-state index in [9.17, 15) is 4.79 Å². The van der Waals surface area contributed by atoms with E-state index in [2.05, 4.69) is 23.9 Å². The van der Waals surface area contributed by atoms with Gasteiger partial charge in [0.1, 0.15) is 5.69 Å². The molecule has 0 aliphatic carbocycles. The molecule has 1 aliphatic rings.